The molecular formula is C10H7ClN4O2S. The number of sulfonamides is 1. The number of rotatable bonds is 2. The zero-order valence-corrected chi connectivity index (χ0v) is 10.5. The lowest BCUT2D eigenvalue weighted by molar-refractivity contribution is 0.587. The van der Waals surface area contributed by atoms with E-state index in [0.717, 1.165) is 10.9 Å². The second kappa shape index (κ2) is 4.42. The van der Waals surface area contributed by atoms with E-state index in [-0.39, 0.29) is 10.6 Å². The van der Waals surface area contributed by atoms with Gasteiger partial charge >= 0.3 is 0 Å². The standard InChI is InChI=1S/C10H7ClN4O2S/c11-8-1-3-9(4-2-8)15-10(18(13,16)17)7(5-12)6-14-15/h1-4,6H,(H2,13,16,17). The van der Waals surface area contributed by atoms with Crippen molar-refractivity contribution in [1.82, 2.24) is 9.78 Å². The third kappa shape index (κ3) is 2.22. The molecule has 1 aromatic heterocycles. The van der Waals surface area contributed by atoms with E-state index in [0.29, 0.717) is 10.7 Å². The van der Waals surface area contributed by atoms with Crippen LogP contribution in [0, 0.1) is 11.3 Å². The van der Waals surface area contributed by atoms with E-state index in [1.54, 1.807) is 30.3 Å². The summed E-state index contributed by atoms with van der Waals surface area (Å²) in [6.07, 6.45) is 1.15. The van der Waals surface area contributed by atoms with Gasteiger partial charge in [0.25, 0.3) is 10.0 Å². The van der Waals surface area contributed by atoms with Crippen LogP contribution < -0.4 is 5.14 Å². The summed E-state index contributed by atoms with van der Waals surface area (Å²) in [6, 6.07) is 8.05. The number of nitriles is 1. The molecule has 8 heteroatoms. The van der Waals surface area contributed by atoms with Crippen molar-refractivity contribution in [2.24, 2.45) is 5.14 Å². The van der Waals surface area contributed by atoms with Crippen LogP contribution >= 0.6 is 11.6 Å². The van der Waals surface area contributed by atoms with Gasteiger partial charge in [-0.25, -0.2) is 18.2 Å². The molecule has 0 saturated carbocycles. The van der Waals surface area contributed by atoms with Gasteiger partial charge in [0.15, 0.2) is 5.03 Å². The first kappa shape index (κ1) is 12.6. The molecule has 1 aromatic carbocycles. The van der Waals surface area contributed by atoms with Crippen molar-refractivity contribution in [3.05, 3.63) is 41.0 Å². The quantitative estimate of drug-likeness (QED) is 0.889. The normalized spacial score (nSPS) is 11.2. The Morgan fingerprint density at radius 3 is 2.44 bits per heavy atom. The van der Waals surface area contributed by atoms with E-state index in [2.05, 4.69) is 5.10 Å². The minimum absolute atomic E-state index is 0.104. The van der Waals surface area contributed by atoms with Crippen LogP contribution in [0.15, 0.2) is 35.5 Å². The van der Waals surface area contributed by atoms with Crippen LogP contribution in [-0.2, 0) is 10.0 Å². The van der Waals surface area contributed by atoms with Crippen LogP contribution in [0.25, 0.3) is 5.69 Å². The van der Waals surface area contributed by atoms with Gasteiger partial charge in [-0.2, -0.15) is 10.4 Å². The highest BCUT2D eigenvalue weighted by Crippen LogP contribution is 2.19. The van der Waals surface area contributed by atoms with E-state index in [4.69, 9.17) is 22.0 Å². The first-order chi connectivity index (χ1) is 8.43. The first-order valence-electron chi connectivity index (χ1n) is 4.70. The van der Waals surface area contributed by atoms with Crippen molar-refractivity contribution in [2.75, 3.05) is 0 Å². The molecule has 0 atom stereocenters. The molecule has 0 bridgehead atoms. The number of nitrogens with two attached hydrogens (primary N) is 1. The summed E-state index contributed by atoms with van der Waals surface area (Å²) in [5, 5.41) is 17.9. The largest absolute Gasteiger partial charge is 0.257 e. The van der Waals surface area contributed by atoms with Gasteiger partial charge < -0.3 is 0 Å². The van der Waals surface area contributed by atoms with Gasteiger partial charge in [-0.05, 0) is 24.3 Å². The summed E-state index contributed by atoms with van der Waals surface area (Å²) in [5.74, 6) is 0. The van der Waals surface area contributed by atoms with Crippen molar-refractivity contribution in [3.63, 3.8) is 0 Å². The Labute approximate surface area is 108 Å². The lowest BCUT2D eigenvalue weighted by atomic mass is 10.3. The molecule has 0 radical (unpaired) electrons. The fourth-order valence-electron chi connectivity index (χ4n) is 1.45. The highest BCUT2D eigenvalue weighted by Gasteiger charge is 2.22. The number of hydrogen-bond acceptors (Lipinski definition) is 4. The number of halogens is 1. The number of aromatic nitrogens is 2. The third-order valence-corrected chi connectivity index (χ3v) is 3.37. The lowest BCUT2D eigenvalue weighted by Crippen LogP contribution is -2.18. The Balaban J connectivity index is 2.70. The van der Waals surface area contributed by atoms with Crippen molar-refractivity contribution in [3.8, 4) is 11.8 Å². The van der Waals surface area contributed by atoms with Gasteiger partial charge in [0, 0.05) is 5.02 Å². The molecule has 1 heterocycles. The Bertz CT molecular complexity index is 728. The van der Waals surface area contributed by atoms with E-state index in [9.17, 15) is 8.42 Å². The lowest BCUT2D eigenvalue weighted by Gasteiger charge is -2.05. The van der Waals surface area contributed by atoms with Crippen LogP contribution in [-0.4, -0.2) is 18.2 Å². The molecule has 0 fully saturated rings. The van der Waals surface area contributed by atoms with Crippen LogP contribution in [0.4, 0.5) is 0 Å². The Morgan fingerprint density at radius 1 is 1.33 bits per heavy atom. The average molecular weight is 283 g/mol. The molecule has 0 unspecified atom stereocenters. The Morgan fingerprint density at radius 2 is 1.94 bits per heavy atom. The molecule has 6 nitrogen and oxygen atoms in total. The fraction of sp³-hybridized carbons (Fsp3) is 0. The third-order valence-electron chi connectivity index (χ3n) is 2.19. The maximum Gasteiger partial charge on any atom is 0.257 e. The van der Waals surface area contributed by atoms with Crippen molar-refractivity contribution >= 4 is 21.6 Å². The highest BCUT2D eigenvalue weighted by molar-refractivity contribution is 7.89. The molecular weight excluding hydrogens is 276 g/mol. The van der Waals surface area contributed by atoms with Gasteiger partial charge in [0.1, 0.15) is 11.6 Å². The second-order valence-corrected chi connectivity index (χ2v) is 5.32. The van der Waals surface area contributed by atoms with Gasteiger partial charge in [-0.15, -0.1) is 0 Å². The van der Waals surface area contributed by atoms with Crippen LogP contribution in [0.3, 0.4) is 0 Å². The summed E-state index contributed by atoms with van der Waals surface area (Å²) in [7, 11) is -4.05. The first-order valence-corrected chi connectivity index (χ1v) is 6.63. The van der Waals surface area contributed by atoms with Crippen molar-refractivity contribution in [1.29, 1.82) is 5.26 Å². The Kier molecular flexibility index (Phi) is 3.09. The summed E-state index contributed by atoms with van der Waals surface area (Å²) in [4.78, 5) is 0. The molecule has 0 spiro atoms. The number of primary sulfonamides is 1. The van der Waals surface area contributed by atoms with Gasteiger partial charge in [0.05, 0.1) is 11.9 Å². The van der Waals surface area contributed by atoms with Crippen LogP contribution in [0.2, 0.25) is 5.02 Å². The van der Waals surface area contributed by atoms with Gasteiger partial charge in [-0.1, -0.05) is 11.6 Å². The number of nitrogens with zero attached hydrogens (tertiary/aromatic N) is 3. The summed E-state index contributed by atoms with van der Waals surface area (Å²) in [6.45, 7) is 0. The summed E-state index contributed by atoms with van der Waals surface area (Å²) < 4.78 is 24.0. The predicted octanol–water partition coefficient (Wildman–Crippen LogP) is 1.04. The maximum absolute atomic E-state index is 11.5. The van der Waals surface area contributed by atoms with Gasteiger partial charge in [-0.3, -0.25) is 0 Å². The summed E-state index contributed by atoms with van der Waals surface area (Å²) in [5.41, 5.74) is 0.345. The molecule has 18 heavy (non-hydrogen) atoms. The molecule has 0 aliphatic rings. The van der Waals surface area contributed by atoms with Crippen LogP contribution in [0.1, 0.15) is 5.56 Å². The smallest absolute Gasteiger partial charge is 0.223 e. The van der Waals surface area contributed by atoms with E-state index >= 15 is 0 Å². The average Bonchev–Trinajstić information content (AvgIpc) is 2.73. The minimum Gasteiger partial charge on any atom is -0.223 e. The Hall–Kier alpha value is -1.88. The minimum atomic E-state index is -4.05. The summed E-state index contributed by atoms with van der Waals surface area (Å²) >= 11 is 5.74. The highest BCUT2D eigenvalue weighted by atomic mass is 35.5. The molecule has 0 amide bonds. The molecule has 2 aromatic rings. The molecule has 2 N–H and O–H groups in total. The maximum atomic E-state index is 11.5. The fourth-order valence-corrected chi connectivity index (χ4v) is 2.38. The number of hydrogen-bond donors (Lipinski definition) is 1. The second-order valence-electron chi connectivity index (χ2n) is 3.41. The van der Waals surface area contributed by atoms with E-state index in [1.165, 1.54) is 0 Å². The van der Waals surface area contributed by atoms with Crippen molar-refractivity contribution < 1.29 is 8.42 Å². The monoisotopic (exact) mass is 282 g/mol. The van der Waals surface area contributed by atoms with Crippen LogP contribution in [0.5, 0.6) is 0 Å². The molecule has 0 aliphatic heterocycles. The molecule has 0 aliphatic carbocycles. The number of benzene rings is 1. The van der Waals surface area contributed by atoms with E-state index < -0.39 is 10.0 Å². The van der Waals surface area contributed by atoms with Gasteiger partial charge in [0.2, 0.25) is 0 Å². The zero-order chi connectivity index (χ0) is 13.3. The molecule has 2 rings (SSSR count). The topological polar surface area (TPSA) is 102 Å². The van der Waals surface area contributed by atoms with E-state index in [1.807, 2.05) is 0 Å². The molecule has 92 valence electrons. The SMILES string of the molecule is N#Cc1cnn(-c2ccc(Cl)cc2)c1S(N)(=O)=O. The predicted molar refractivity (Wildman–Crippen MR) is 64.7 cm³/mol. The zero-order valence-electron chi connectivity index (χ0n) is 8.91. The van der Waals surface area contributed by atoms with Crippen molar-refractivity contribution in [2.45, 2.75) is 5.03 Å². The molecule has 0 saturated heterocycles.